The van der Waals surface area contributed by atoms with Crippen LogP contribution in [0.4, 0.5) is 0 Å². The van der Waals surface area contributed by atoms with Crippen LogP contribution >= 0.6 is 0 Å². The number of hydrogen-bond donors (Lipinski definition) is 2. The molecule has 0 atom stereocenters. The number of aromatic amines is 1. The smallest absolute Gasteiger partial charge is 0.328 e. The molecular weight excluding hydrogens is 300 g/mol. The number of H-pyrrole nitrogens is 1. The van der Waals surface area contributed by atoms with Crippen molar-refractivity contribution >= 4 is 5.91 Å². The van der Waals surface area contributed by atoms with Crippen LogP contribution in [-0.4, -0.2) is 47.5 Å². The van der Waals surface area contributed by atoms with Gasteiger partial charge in [0.15, 0.2) is 0 Å². The number of nitrogens with one attached hydrogen (secondary N) is 2. The van der Waals surface area contributed by atoms with Gasteiger partial charge in [0.05, 0.1) is 12.8 Å². The summed E-state index contributed by atoms with van der Waals surface area (Å²) in [7, 11) is 3.88. The van der Waals surface area contributed by atoms with Gasteiger partial charge in [0, 0.05) is 12.7 Å². The second-order valence-electron chi connectivity index (χ2n) is 5.39. The zero-order valence-corrected chi connectivity index (χ0v) is 13.2. The summed E-state index contributed by atoms with van der Waals surface area (Å²) >= 11 is 0. The van der Waals surface area contributed by atoms with Gasteiger partial charge in [-0.3, -0.25) is 14.2 Å². The minimum absolute atomic E-state index is 0.0249. The highest BCUT2D eigenvalue weighted by Crippen LogP contribution is 2.00. The second kappa shape index (κ2) is 7.59. The van der Waals surface area contributed by atoms with Crippen LogP contribution in [0.25, 0.3) is 0 Å². The van der Waals surface area contributed by atoms with Crippen LogP contribution in [0, 0.1) is 0 Å². The predicted molar refractivity (Wildman–Crippen MR) is 84.6 cm³/mol. The number of aromatic nitrogens is 2. The topological polar surface area (TPSA) is 100 Å². The molecule has 0 aliphatic rings. The molecule has 2 aromatic heterocycles. The first-order valence-electron chi connectivity index (χ1n) is 7.27. The Kier molecular flexibility index (Phi) is 5.53. The maximum atomic E-state index is 12.3. The normalized spacial score (nSPS) is 10.9. The summed E-state index contributed by atoms with van der Waals surface area (Å²) < 4.78 is 6.07. The molecule has 0 spiro atoms. The molecule has 0 unspecified atom stereocenters. The third-order valence-electron chi connectivity index (χ3n) is 3.27. The standard InChI is InChI=1S/C15H20N4O4/c1-18(2)7-4-6-16-13(20)12-9-17-15(22)19(14(12)21)10-11-5-3-8-23-11/h3,5,8-9H,4,6-7,10H2,1-2H3,(H,16,20)(H,17,22). The van der Waals surface area contributed by atoms with Crippen molar-refractivity contribution in [3.63, 3.8) is 0 Å². The first kappa shape index (κ1) is 16.8. The minimum atomic E-state index is -0.643. The summed E-state index contributed by atoms with van der Waals surface area (Å²) in [6.07, 6.45) is 3.36. The quantitative estimate of drug-likeness (QED) is 0.692. The first-order valence-corrected chi connectivity index (χ1v) is 7.27. The van der Waals surface area contributed by atoms with Gasteiger partial charge in [-0.2, -0.15) is 0 Å². The molecule has 23 heavy (non-hydrogen) atoms. The summed E-state index contributed by atoms with van der Waals surface area (Å²) in [6, 6.07) is 3.32. The second-order valence-corrected chi connectivity index (χ2v) is 5.39. The van der Waals surface area contributed by atoms with Gasteiger partial charge < -0.3 is 19.6 Å². The Bertz CT molecular complexity index is 759. The van der Waals surface area contributed by atoms with Gasteiger partial charge in [-0.1, -0.05) is 0 Å². The van der Waals surface area contributed by atoms with E-state index in [1.54, 1.807) is 12.1 Å². The number of hydrogen-bond acceptors (Lipinski definition) is 5. The van der Waals surface area contributed by atoms with E-state index in [-0.39, 0.29) is 12.1 Å². The van der Waals surface area contributed by atoms with Crippen molar-refractivity contribution in [2.75, 3.05) is 27.2 Å². The zero-order valence-electron chi connectivity index (χ0n) is 13.2. The van der Waals surface area contributed by atoms with Gasteiger partial charge in [0.2, 0.25) is 0 Å². The van der Waals surface area contributed by atoms with Crippen LogP contribution in [0.1, 0.15) is 22.5 Å². The molecule has 0 saturated carbocycles. The molecule has 2 aromatic rings. The molecule has 2 N–H and O–H groups in total. The zero-order chi connectivity index (χ0) is 16.8. The van der Waals surface area contributed by atoms with E-state index in [1.165, 1.54) is 6.26 Å². The lowest BCUT2D eigenvalue weighted by molar-refractivity contribution is 0.0949. The van der Waals surface area contributed by atoms with E-state index in [1.807, 2.05) is 19.0 Å². The average molecular weight is 320 g/mol. The molecule has 2 rings (SSSR count). The van der Waals surface area contributed by atoms with E-state index < -0.39 is 17.2 Å². The number of nitrogens with zero attached hydrogens (tertiary/aromatic N) is 2. The fourth-order valence-corrected chi connectivity index (χ4v) is 2.07. The van der Waals surface area contributed by atoms with E-state index in [9.17, 15) is 14.4 Å². The average Bonchev–Trinajstić information content (AvgIpc) is 3.00. The van der Waals surface area contributed by atoms with Crippen LogP contribution in [0.15, 0.2) is 38.6 Å². The number of carbonyl (C=O) groups excluding carboxylic acids is 1. The van der Waals surface area contributed by atoms with E-state index in [0.29, 0.717) is 12.3 Å². The number of carbonyl (C=O) groups is 1. The Morgan fingerprint density at radius 2 is 2.17 bits per heavy atom. The van der Waals surface area contributed by atoms with Gasteiger partial charge >= 0.3 is 5.69 Å². The maximum absolute atomic E-state index is 12.3. The van der Waals surface area contributed by atoms with Crippen molar-refractivity contribution in [2.45, 2.75) is 13.0 Å². The maximum Gasteiger partial charge on any atom is 0.328 e. The molecule has 0 fully saturated rings. The fourth-order valence-electron chi connectivity index (χ4n) is 2.07. The van der Waals surface area contributed by atoms with E-state index >= 15 is 0 Å². The summed E-state index contributed by atoms with van der Waals surface area (Å²) in [5.41, 5.74) is -1.33. The predicted octanol–water partition coefficient (Wildman–Crippen LogP) is -0.141. The molecule has 1 amide bonds. The number of furan rings is 1. The summed E-state index contributed by atoms with van der Waals surface area (Å²) in [4.78, 5) is 40.6. The Balaban J connectivity index is 2.12. The third kappa shape index (κ3) is 4.43. The van der Waals surface area contributed by atoms with Crippen LogP contribution in [0.5, 0.6) is 0 Å². The van der Waals surface area contributed by atoms with Gasteiger partial charge in [0.1, 0.15) is 11.3 Å². The molecule has 124 valence electrons. The molecule has 0 aliphatic heterocycles. The van der Waals surface area contributed by atoms with Crippen LogP contribution in [0.3, 0.4) is 0 Å². The molecule has 0 bridgehead atoms. The van der Waals surface area contributed by atoms with E-state index in [2.05, 4.69) is 10.3 Å². The monoisotopic (exact) mass is 320 g/mol. The molecule has 8 nitrogen and oxygen atoms in total. The third-order valence-corrected chi connectivity index (χ3v) is 3.27. The van der Waals surface area contributed by atoms with Crippen molar-refractivity contribution in [3.8, 4) is 0 Å². The Morgan fingerprint density at radius 3 is 2.83 bits per heavy atom. The Labute approximate surface area is 132 Å². The SMILES string of the molecule is CN(C)CCCNC(=O)c1c[nH]c(=O)n(Cc2ccco2)c1=O. The molecule has 0 saturated heterocycles. The van der Waals surface area contributed by atoms with E-state index in [4.69, 9.17) is 4.42 Å². The van der Waals surface area contributed by atoms with Gasteiger partial charge in [-0.05, 0) is 39.2 Å². The van der Waals surface area contributed by atoms with Crippen LogP contribution in [0.2, 0.25) is 0 Å². The van der Waals surface area contributed by atoms with Gasteiger partial charge in [-0.15, -0.1) is 0 Å². The first-order chi connectivity index (χ1) is 11.0. The lowest BCUT2D eigenvalue weighted by Gasteiger charge is -2.10. The number of rotatable bonds is 7. The summed E-state index contributed by atoms with van der Waals surface area (Å²) in [5, 5.41) is 2.68. The largest absolute Gasteiger partial charge is 0.467 e. The lowest BCUT2D eigenvalue weighted by atomic mass is 10.3. The van der Waals surface area contributed by atoms with Crippen molar-refractivity contribution < 1.29 is 9.21 Å². The van der Waals surface area contributed by atoms with Crippen LogP contribution in [-0.2, 0) is 6.54 Å². The van der Waals surface area contributed by atoms with Crippen LogP contribution < -0.4 is 16.6 Å². The van der Waals surface area contributed by atoms with Crippen molar-refractivity contribution in [2.24, 2.45) is 0 Å². The summed E-state index contributed by atoms with van der Waals surface area (Å²) in [5.74, 6) is -0.0423. The summed E-state index contributed by atoms with van der Waals surface area (Å²) in [6.45, 7) is 1.26. The highest BCUT2D eigenvalue weighted by atomic mass is 16.3. The Morgan fingerprint density at radius 1 is 1.39 bits per heavy atom. The highest BCUT2D eigenvalue weighted by Gasteiger charge is 2.15. The lowest BCUT2D eigenvalue weighted by Crippen LogP contribution is -2.41. The Hall–Kier alpha value is -2.61. The highest BCUT2D eigenvalue weighted by molar-refractivity contribution is 5.93. The molecule has 0 radical (unpaired) electrons. The van der Waals surface area contributed by atoms with Crippen molar-refractivity contribution in [1.82, 2.24) is 19.8 Å². The number of amides is 1. The van der Waals surface area contributed by atoms with E-state index in [0.717, 1.165) is 23.7 Å². The molecular formula is C15H20N4O4. The fraction of sp³-hybridized carbons (Fsp3) is 0.400. The molecule has 8 heteroatoms. The molecule has 0 aliphatic carbocycles. The molecule has 0 aromatic carbocycles. The van der Waals surface area contributed by atoms with Crippen molar-refractivity contribution in [1.29, 1.82) is 0 Å². The van der Waals surface area contributed by atoms with Crippen molar-refractivity contribution in [3.05, 3.63) is 56.8 Å². The molecule has 2 heterocycles. The minimum Gasteiger partial charge on any atom is -0.467 e. The van der Waals surface area contributed by atoms with Gasteiger partial charge in [-0.25, -0.2) is 4.79 Å². The van der Waals surface area contributed by atoms with Gasteiger partial charge in [0.25, 0.3) is 11.5 Å².